The number of likely N-dealkylation sites (tertiary alicyclic amines) is 1. The molecule has 0 aromatic heterocycles. The van der Waals surface area contributed by atoms with Crippen molar-refractivity contribution in [3.63, 3.8) is 0 Å². The summed E-state index contributed by atoms with van der Waals surface area (Å²) in [7, 11) is 0. The second-order valence-corrected chi connectivity index (χ2v) is 6.37. The first kappa shape index (κ1) is 13.9. The van der Waals surface area contributed by atoms with E-state index >= 15 is 0 Å². The number of carbonyl (C=O) groups excluding carboxylic acids is 1. The first-order valence-electron chi connectivity index (χ1n) is 7.16. The van der Waals surface area contributed by atoms with Crippen LogP contribution in [0.2, 0.25) is 0 Å². The molecule has 1 aromatic rings. The second kappa shape index (κ2) is 5.74. The predicted octanol–water partition coefficient (Wildman–Crippen LogP) is 2.60. The second-order valence-electron chi connectivity index (χ2n) is 5.52. The van der Waals surface area contributed by atoms with Gasteiger partial charge in [-0.25, -0.2) is 4.79 Å². The molecule has 1 aromatic carbocycles. The van der Waals surface area contributed by atoms with Gasteiger partial charge in [-0.1, -0.05) is 28.1 Å². The number of rotatable bonds is 2. The van der Waals surface area contributed by atoms with Crippen LogP contribution in [0.4, 0.5) is 4.79 Å². The average Bonchev–Trinajstić information content (AvgIpc) is 3.06. The molecular weight excluding hydrogens is 320 g/mol. The van der Waals surface area contributed by atoms with Crippen molar-refractivity contribution in [3.05, 3.63) is 33.8 Å². The normalized spacial score (nSPS) is 24.8. The van der Waals surface area contributed by atoms with Gasteiger partial charge < -0.3 is 15.3 Å². The molecule has 1 saturated heterocycles. The molecule has 1 aliphatic carbocycles. The smallest absolute Gasteiger partial charge is 0.318 e. The number of hydrogen-bond donors (Lipinski definition) is 2. The number of halogens is 1. The van der Waals surface area contributed by atoms with E-state index < -0.39 is 0 Å². The van der Waals surface area contributed by atoms with Gasteiger partial charge in [-0.15, -0.1) is 0 Å². The maximum absolute atomic E-state index is 12.4. The van der Waals surface area contributed by atoms with Crippen LogP contribution in [0.5, 0.6) is 0 Å². The highest BCUT2D eigenvalue weighted by Crippen LogP contribution is 2.35. The third-order valence-electron chi connectivity index (χ3n) is 4.36. The number of aliphatic hydroxyl groups is 1. The molecule has 0 radical (unpaired) electrons. The Morgan fingerprint density at radius 1 is 1.45 bits per heavy atom. The molecule has 3 rings (SSSR count). The van der Waals surface area contributed by atoms with E-state index in [0.29, 0.717) is 0 Å². The Bertz CT molecular complexity index is 521. The quantitative estimate of drug-likeness (QED) is 0.870. The minimum atomic E-state index is -0.0422. The van der Waals surface area contributed by atoms with Crippen LogP contribution in [0.15, 0.2) is 22.7 Å². The lowest BCUT2D eigenvalue weighted by Gasteiger charge is -2.25. The summed E-state index contributed by atoms with van der Waals surface area (Å²) in [5, 5.41) is 12.4. The predicted molar refractivity (Wildman–Crippen MR) is 80.5 cm³/mol. The summed E-state index contributed by atoms with van der Waals surface area (Å²) in [5.41, 5.74) is 2.52. The molecule has 5 heteroatoms. The molecule has 0 spiro atoms. The first-order chi connectivity index (χ1) is 9.70. The van der Waals surface area contributed by atoms with Gasteiger partial charge in [0.25, 0.3) is 0 Å². The van der Waals surface area contributed by atoms with Gasteiger partial charge in [-0.3, -0.25) is 0 Å². The largest absolute Gasteiger partial charge is 0.394 e. The van der Waals surface area contributed by atoms with E-state index in [0.717, 1.165) is 36.7 Å². The van der Waals surface area contributed by atoms with Crippen molar-refractivity contribution in [2.75, 3.05) is 13.2 Å². The fraction of sp³-hybridized carbons (Fsp3) is 0.533. The van der Waals surface area contributed by atoms with Gasteiger partial charge in [0.05, 0.1) is 18.7 Å². The van der Waals surface area contributed by atoms with E-state index in [1.54, 1.807) is 4.90 Å². The summed E-state index contributed by atoms with van der Waals surface area (Å²) in [5.74, 6) is 0. The van der Waals surface area contributed by atoms with E-state index in [1.165, 1.54) is 11.1 Å². The molecule has 1 fully saturated rings. The minimum Gasteiger partial charge on any atom is -0.394 e. The number of urea groups is 1. The molecule has 0 saturated carbocycles. The van der Waals surface area contributed by atoms with Crippen LogP contribution in [0.3, 0.4) is 0 Å². The molecule has 2 amide bonds. The zero-order chi connectivity index (χ0) is 14.1. The Morgan fingerprint density at radius 3 is 3.10 bits per heavy atom. The number of fused-ring (bicyclic) bond motifs is 1. The van der Waals surface area contributed by atoms with Gasteiger partial charge >= 0.3 is 6.03 Å². The Kier molecular flexibility index (Phi) is 3.98. The zero-order valence-electron chi connectivity index (χ0n) is 11.3. The van der Waals surface area contributed by atoms with Crippen molar-refractivity contribution in [1.82, 2.24) is 10.2 Å². The third kappa shape index (κ3) is 2.44. The molecule has 1 heterocycles. The maximum atomic E-state index is 12.4. The molecular formula is C15H19BrN2O2. The van der Waals surface area contributed by atoms with E-state index in [2.05, 4.69) is 27.3 Å². The van der Waals surface area contributed by atoms with Crippen molar-refractivity contribution in [2.45, 2.75) is 37.8 Å². The molecule has 2 aliphatic rings. The van der Waals surface area contributed by atoms with Gasteiger partial charge in [0.15, 0.2) is 0 Å². The fourth-order valence-electron chi connectivity index (χ4n) is 3.28. The summed E-state index contributed by atoms with van der Waals surface area (Å²) < 4.78 is 1.13. The van der Waals surface area contributed by atoms with Crippen molar-refractivity contribution in [1.29, 1.82) is 0 Å². The van der Waals surface area contributed by atoms with Gasteiger partial charge in [-0.2, -0.15) is 0 Å². The maximum Gasteiger partial charge on any atom is 0.318 e. The summed E-state index contributed by atoms with van der Waals surface area (Å²) in [4.78, 5) is 14.1. The number of carbonyl (C=O) groups is 1. The Morgan fingerprint density at radius 2 is 2.30 bits per heavy atom. The van der Waals surface area contributed by atoms with E-state index in [9.17, 15) is 9.90 Å². The third-order valence-corrected chi connectivity index (χ3v) is 5.10. The lowest BCUT2D eigenvalue weighted by Crippen LogP contribution is -2.45. The van der Waals surface area contributed by atoms with Crippen molar-refractivity contribution in [3.8, 4) is 0 Å². The number of nitrogens with zero attached hydrogens (tertiary/aromatic N) is 1. The van der Waals surface area contributed by atoms with E-state index in [1.807, 2.05) is 12.1 Å². The van der Waals surface area contributed by atoms with Crippen molar-refractivity contribution < 1.29 is 9.90 Å². The molecule has 0 bridgehead atoms. The molecule has 20 heavy (non-hydrogen) atoms. The van der Waals surface area contributed by atoms with Crippen LogP contribution < -0.4 is 5.32 Å². The first-order valence-corrected chi connectivity index (χ1v) is 7.95. The Labute approximate surface area is 127 Å². The highest BCUT2D eigenvalue weighted by molar-refractivity contribution is 9.10. The Hall–Kier alpha value is -1.07. The number of hydrogen-bond acceptors (Lipinski definition) is 2. The minimum absolute atomic E-state index is 0.0154. The van der Waals surface area contributed by atoms with Gasteiger partial charge in [-0.05, 0) is 42.9 Å². The van der Waals surface area contributed by atoms with E-state index in [4.69, 9.17) is 0 Å². The number of benzene rings is 1. The molecule has 4 nitrogen and oxygen atoms in total. The lowest BCUT2D eigenvalue weighted by molar-refractivity contribution is 0.154. The van der Waals surface area contributed by atoms with E-state index in [-0.39, 0.29) is 24.7 Å². The SMILES string of the molecule is O=C(NC1CCc2c(Br)cccc21)N1CCC[C@H]1CO. The Balaban J connectivity index is 1.71. The van der Waals surface area contributed by atoms with Crippen LogP contribution >= 0.6 is 15.9 Å². The van der Waals surface area contributed by atoms with Crippen molar-refractivity contribution >= 4 is 22.0 Å². The standard InChI is InChI=1S/C15H19BrN2O2/c16-13-5-1-4-12-11(13)6-7-14(12)17-15(20)18-8-2-3-10(18)9-19/h1,4-5,10,14,19H,2-3,6-9H2,(H,17,20)/t10-,14?/m0/s1. The lowest BCUT2D eigenvalue weighted by atomic mass is 10.1. The van der Waals surface area contributed by atoms with Crippen LogP contribution in [-0.4, -0.2) is 35.2 Å². The number of amides is 2. The van der Waals surface area contributed by atoms with Crippen LogP contribution in [-0.2, 0) is 6.42 Å². The summed E-state index contributed by atoms with van der Waals surface area (Å²) in [6.45, 7) is 0.801. The number of aliphatic hydroxyl groups excluding tert-OH is 1. The summed E-state index contributed by atoms with van der Waals surface area (Å²) in [6.07, 6.45) is 3.81. The van der Waals surface area contributed by atoms with Crippen LogP contribution in [0.1, 0.15) is 36.4 Å². The van der Waals surface area contributed by atoms with Crippen molar-refractivity contribution in [2.24, 2.45) is 0 Å². The molecule has 1 unspecified atom stereocenters. The summed E-state index contributed by atoms with van der Waals surface area (Å²) >= 11 is 3.57. The van der Waals surface area contributed by atoms with Gasteiger partial charge in [0, 0.05) is 11.0 Å². The number of nitrogens with one attached hydrogen (secondary N) is 1. The highest BCUT2D eigenvalue weighted by Gasteiger charge is 2.31. The molecule has 2 atom stereocenters. The summed E-state index contributed by atoms with van der Waals surface area (Å²) in [6, 6.07) is 6.18. The zero-order valence-corrected chi connectivity index (χ0v) is 12.9. The molecule has 108 valence electrons. The highest BCUT2D eigenvalue weighted by atomic mass is 79.9. The molecule has 1 aliphatic heterocycles. The van der Waals surface area contributed by atoms with Crippen LogP contribution in [0.25, 0.3) is 0 Å². The van der Waals surface area contributed by atoms with Gasteiger partial charge in [0.1, 0.15) is 0 Å². The fourth-order valence-corrected chi connectivity index (χ4v) is 3.86. The van der Waals surface area contributed by atoms with Gasteiger partial charge in [0.2, 0.25) is 0 Å². The molecule has 2 N–H and O–H groups in total. The monoisotopic (exact) mass is 338 g/mol. The average molecular weight is 339 g/mol. The topological polar surface area (TPSA) is 52.6 Å². The van der Waals surface area contributed by atoms with Crippen LogP contribution in [0, 0.1) is 0 Å².